The highest BCUT2D eigenvalue weighted by Crippen LogP contribution is 2.27. The summed E-state index contributed by atoms with van der Waals surface area (Å²) >= 11 is 0. The second-order valence-electron chi connectivity index (χ2n) is 6.60. The van der Waals surface area contributed by atoms with Crippen LogP contribution in [-0.4, -0.2) is 0 Å². The molecule has 0 aliphatic rings. The number of benzene rings is 3. The van der Waals surface area contributed by atoms with Crippen LogP contribution in [0.5, 0.6) is 0 Å². The molecule has 140 valence electrons. The van der Waals surface area contributed by atoms with Crippen LogP contribution in [-0.2, 0) is 19.3 Å². The molecular formula is C23H20F4. The Morgan fingerprint density at radius 1 is 0.630 bits per heavy atom. The van der Waals surface area contributed by atoms with E-state index in [0.29, 0.717) is 17.5 Å². The van der Waals surface area contributed by atoms with Gasteiger partial charge in [0.25, 0.3) is 0 Å². The number of rotatable bonds is 6. The van der Waals surface area contributed by atoms with Gasteiger partial charge in [0, 0.05) is 5.56 Å². The van der Waals surface area contributed by atoms with Crippen LogP contribution < -0.4 is 0 Å². The molecule has 0 radical (unpaired) electrons. The second kappa shape index (κ2) is 8.38. The van der Waals surface area contributed by atoms with Crippen LogP contribution in [0.25, 0.3) is 11.1 Å². The van der Waals surface area contributed by atoms with Crippen LogP contribution in [0.3, 0.4) is 0 Å². The zero-order chi connectivity index (χ0) is 19.4. The highest BCUT2D eigenvalue weighted by molar-refractivity contribution is 5.65. The summed E-state index contributed by atoms with van der Waals surface area (Å²) in [5.74, 6) is -3.65. The molecule has 0 bridgehead atoms. The quantitative estimate of drug-likeness (QED) is 0.425. The summed E-state index contributed by atoms with van der Waals surface area (Å²) in [4.78, 5) is 0. The van der Waals surface area contributed by atoms with E-state index >= 15 is 0 Å². The first-order chi connectivity index (χ1) is 13.0. The van der Waals surface area contributed by atoms with Crippen LogP contribution in [0, 0.1) is 23.3 Å². The minimum absolute atomic E-state index is 0.198. The minimum atomic E-state index is -0.943. The largest absolute Gasteiger partial charge is 0.204 e. The van der Waals surface area contributed by atoms with E-state index in [1.807, 2.05) is 12.1 Å². The SMILES string of the molecule is CCCc1ccc(-c2ccc(CCc3ccc(F)c(F)c3)c(F)c2F)cc1. The molecule has 4 heteroatoms. The molecule has 0 fully saturated rings. The average Bonchev–Trinajstić information content (AvgIpc) is 2.67. The molecule has 3 rings (SSSR count). The summed E-state index contributed by atoms with van der Waals surface area (Å²) in [6, 6.07) is 14.1. The van der Waals surface area contributed by atoms with E-state index in [2.05, 4.69) is 6.92 Å². The molecule has 0 aromatic heterocycles. The van der Waals surface area contributed by atoms with E-state index in [4.69, 9.17) is 0 Å². The van der Waals surface area contributed by atoms with E-state index < -0.39 is 23.3 Å². The third-order valence-corrected chi connectivity index (χ3v) is 4.63. The predicted octanol–water partition coefficient (Wildman–Crippen LogP) is 6.65. The molecular weight excluding hydrogens is 352 g/mol. The molecule has 0 aliphatic heterocycles. The Kier molecular flexibility index (Phi) is 5.94. The van der Waals surface area contributed by atoms with E-state index in [0.717, 1.165) is 30.5 Å². The number of hydrogen-bond acceptors (Lipinski definition) is 0. The lowest BCUT2D eigenvalue weighted by molar-refractivity contribution is 0.499. The Hall–Kier alpha value is -2.62. The van der Waals surface area contributed by atoms with Crippen molar-refractivity contribution in [3.05, 3.63) is 94.6 Å². The molecule has 0 heterocycles. The third-order valence-electron chi connectivity index (χ3n) is 4.63. The Morgan fingerprint density at radius 3 is 2.00 bits per heavy atom. The fourth-order valence-electron chi connectivity index (χ4n) is 3.12. The van der Waals surface area contributed by atoms with Gasteiger partial charge in [-0.3, -0.25) is 0 Å². The molecule has 3 aromatic rings. The minimum Gasteiger partial charge on any atom is -0.204 e. The smallest absolute Gasteiger partial charge is 0.166 e. The van der Waals surface area contributed by atoms with Crippen molar-refractivity contribution in [3.63, 3.8) is 0 Å². The number of halogens is 4. The molecule has 0 nitrogen and oxygen atoms in total. The van der Waals surface area contributed by atoms with Gasteiger partial charge >= 0.3 is 0 Å². The zero-order valence-electron chi connectivity index (χ0n) is 15.0. The maximum absolute atomic E-state index is 14.6. The Morgan fingerprint density at radius 2 is 1.33 bits per heavy atom. The summed E-state index contributed by atoms with van der Waals surface area (Å²) in [5.41, 5.74) is 2.74. The number of hydrogen-bond donors (Lipinski definition) is 0. The topological polar surface area (TPSA) is 0 Å². The molecule has 0 amide bonds. The van der Waals surface area contributed by atoms with E-state index in [9.17, 15) is 17.6 Å². The van der Waals surface area contributed by atoms with Gasteiger partial charge in [-0.2, -0.15) is 0 Å². The first-order valence-electron chi connectivity index (χ1n) is 8.99. The van der Waals surface area contributed by atoms with Crippen molar-refractivity contribution in [2.45, 2.75) is 32.6 Å². The highest BCUT2D eigenvalue weighted by Gasteiger charge is 2.15. The van der Waals surface area contributed by atoms with Crippen molar-refractivity contribution in [2.24, 2.45) is 0 Å². The molecule has 27 heavy (non-hydrogen) atoms. The molecule has 0 saturated heterocycles. The summed E-state index contributed by atoms with van der Waals surface area (Å²) in [5, 5.41) is 0. The van der Waals surface area contributed by atoms with Crippen molar-refractivity contribution < 1.29 is 17.6 Å². The summed E-state index contributed by atoms with van der Waals surface area (Å²) in [6.07, 6.45) is 2.46. The van der Waals surface area contributed by atoms with Crippen molar-refractivity contribution >= 4 is 0 Å². The van der Waals surface area contributed by atoms with Gasteiger partial charge in [-0.15, -0.1) is 0 Å². The number of aryl methyl sites for hydroxylation is 3. The second-order valence-corrected chi connectivity index (χ2v) is 6.60. The molecule has 0 N–H and O–H groups in total. The van der Waals surface area contributed by atoms with Crippen molar-refractivity contribution in [2.75, 3.05) is 0 Å². The first-order valence-corrected chi connectivity index (χ1v) is 8.99. The highest BCUT2D eigenvalue weighted by atomic mass is 19.2. The maximum atomic E-state index is 14.6. The van der Waals surface area contributed by atoms with Crippen LogP contribution in [0.4, 0.5) is 17.6 Å². The summed E-state index contributed by atoms with van der Waals surface area (Å²) in [7, 11) is 0. The zero-order valence-corrected chi connectivity index (χ0v) is 15.0. The van der Waals surface area contributed by atoms with Crippen molar-refractivity contribution in [3.8, 4) is 11.1 Å². The predicted molar refractivity (Wildman–Crippen MR) is 99.6 cm³/mol. The lowest BCUT2D eigenvalue weighted by atomic mass is 9.98. The Bertz CT molecular complexity index is 930. The lowest BCUT2D eigenvalue weighted by Gasteiger charge is -2.10. The monoisotopic (exact) mass is 372 g/mol. The Balaban J connectivity index is 1.79. The van der Waals surface area contributed by atoms with Gasteiger partial charge in [-0.25, -0.2) is 17.6 Å². The van der Waals surface area contributed by atoms with Gasteiger partial charge in [-0.1, -0.05) is 55.8 Å². The normalized spacial score (nSPS) is 11.0. The average molecular weight is 372 g/mol. The van der Waals surface area contributed by atoms with Gasteiger partial charge in [0.15, 0.2) is 23.3 Å². The van der Waals surface area contributed by atoms with Crippen molar-refractivity contribution in [1.29, 1.82) is 0 Å². The third kappa shape index (κ3) is 4.38. The lowest BCUT2D eigenvalue weighted by Crippen LogP contribution is -2.00. The summed E-state index contributed by atoms with van der Waals surface area (Å²) in [6.45, 7) is 2.09. The fourth-order valence-corrected chi connectivity index (χ4v) is 3.12. The molecule has 0 spiro atoms. The summed E-state index contributed by atoms with van der Waals surface area (Å²) < 4.78 is 55.3. The van der Waals surface area contributed by atoms with Crippen LogP contribution in [0.1, 0.15) is 30.0 Å². The van der Waals surface area contributed by atoms with E-state index in [1.54, 1.807) is 24.3 Å². The molecule has 0 aliphatic carbocycles. The fraction of sp³-hybridized carbons (Fsp3) is 0.217. The van der Waals surface area contributed by atoms with Gasteiger partial charge in [0.05, 0.1) is 0 Å². The van der Waals surface area contributed by atoms with Crippen LogP contribution in [0.2, 0.25) is 0 Å². The molecule has 0 atom stereocenters. The van der Waals surface area contributed by atoms with Crippen molar-refractivity contribution in [1.82, 2.24) is 0 Å². The van der Waals surface area contributed by atoms with E-state index in [1.165, 1.54) is 6.07 Å². The van der Waals surface area contributed by atoms with Crippen LogP contribution >= 0.6 is 0 Å². The van der Waals surface area contributed by atoms with E-state index in [-0.39, 0.29) is 17.5 Å². The van der Waals surface area contributed by atoms with Crippen LogP contribution in [0.15, 0.2) is 54.6 Å². The molecule has 3 aromatic carbocycles. The first kappa shape index (κ1) is 19.2. The molecule has 0 unspecified atom stereocenters. The molecule has 0 saturated carbocycles. The van der Waals surface area contributed by atoms with Gasteiger partial charge in [0.1, 0.15) is 0 Å². The Labute approximate surface area is 156 Å². The van der Waals surface area contributed by atoms with Gasteiger partial charge in [0.2, 0.25) is 0 Å². The maximum Gasteiger partial charge on any atom is 0.166 e. The van der Waals surface area contributed by atoms with Gasteiger partial charge in [-0.05, 0) is 53.6 Å². The van der Waals surface area contributed by atoms with Gasteiger partial charge < -0.3 is 0 Å². The standard InChI is InChI=1S/C23H20F4/c1-2-3-15-4-8-17(9-5-15)19-12-11-18(22(26)23(19)27)10-6-16-7-13-20(24)21(25)14-16/h4-5,7-9,11-14H,2-3,6,10H2,1H3.